The van der Waals surface area contributed by atoms with Gasteiger partial charge in [0.2, 0.25) is 0 Å². The molecule has 57 heavy (non-hydrogen) atoms. The molecular formula is C36H22N7Na3O10S. The van der Waals surface area contributed by atoms with E-state index < -0.39 is 45.1 Å². The van der Waals surface area contributed by atoms with Crippen LogP contribution in [0, 0.1) is 6.07 Å². The third kappa shape index (κ3) is 12.7. The second kappa shape index (κ2) is 20.7. The molecule has 0 unspecified atom stereocenters. The van der Waals surface area contributed by atoms with E-state index in [-0.39, 0.29) is 117 Å². The molecule has 1 amide bonds. The molecule has 0 atom stereocenters. The average Bonchev–Trinajstić information content (AvgIpc) is 3.14. The molecule has 21 heteroatoms. The number of nitrogens with zero attached hydrogens (tertiary/aromatic N) is 6. The third-order valence-corrected chi connectivity index (χ3v) is 7.70. The van der Waals surface area contributed by atoms with E-state index in [0.29, 0.717) is 33.4 Å². The zero-order valence-electron chi connectivity index (χ0n) is 30.2. The summed E-state index contributed by atoms with van der Waals surface area (Å²) in [4.78, 5) is 23.9. The zero-order valence-corrected chi connectivity index (χ0v) is 37.0. The van der Waals surface area contributed by atoms with Gasteiger partial charge in [-0.1, -0.05) is 5.39 Å². The Morgan fingerprint density at radius 2 is 1.25 bits per heavy atom. The number of carboxylic acids is 1. The summed E-state index contributed by atoms with van der Waals surface area (Å²) < 4.78 is 36.5. The summed E-state index contributed by atoms with van der Waals surface area (Å²) in [6.45, 7) is 0. The number of rotatable bonds is 11. The van der Waals surface area contributed by atoms with Crippen molar-refractivity contribution in [2.45, 2.75) is 0 Å². The molecular weight excluding hydrogens is 791 g/mol. The van der Waals surface area contributed by atoms with Crippen LogP contribution in [-0.4, -0.2) is 40.2 Å². The molecule has 6 aromatic carbocycles. The molecule has 17 nitrogen and oxygen atoms in total. The summed E-state index contributed by atoms with van der Waals surface area (Å²) in [6, 6.07) is 28.7. The minimum atomic E-state index is -5.02. The SMILES string of the molecule is O=C(Nc1ccc(N=Nc2[c-]cc3ccc(N=Nc4ccc(OS(=O)(=O)[O-])cc4O)cc3c2O)cc1)c1ccc(N=Nc2ccc(O)c(C(=O)[O-])c2)cc1.[Na+].[Na+].[Na+]. The number of carbonyl (C=O) groups is 2. The number of aromatic carboxylic acids is 1. The van der Waals surface area contributed by atoms with Gasteiger partial charge in [-0.05, 0) is 91.0 Å². The summed E-state index contributed by atoms with van der Waals surface area (Å²) >= 11 is 0. The van der Waals surface area contributed by atoms with Crippen LogP contribution in [0.3, 0.4) is 0 Å². The number of fused-ring (bicyclic) bond motifs is 1. The first kappa shape index (κ1) is 46.8. The van der Waals surface area contributed by atoms with Crippen LogP contribution in [0.2, 0.25) is 0 Å². The van der Waals surface area contributed by atoms with Crippen LogP contribution in [0.25, 0.3) is 10.8 Å². The Morgan fingerprint density at radius 3 is 1.89 bits per heavy atom. The molecule has 6 rings (SSSR count). The van der Waals surface area contributed by atoms with Crippen LogP contribution >= 0.6 is 0 Å². The van der Waals surface area contributed by atoms with Gasteiger partial charge in [-0.25, -0.2) is 8.42 Å². The van der Waals surface area contributed by atoms with E-state index in [0.717, 1.165) is 18.2 Å². The van der Waals surface area contributed by atoms with Gasteiger partial charge in [0.15, 0.2) is 0 Å². The predicted molar refractivity (Wildman–Crippen MR) is 189 cm³/mol. The summed E-state index contributed by atoms with van der Waals surface area (Å²) in [7, 11) is -5.02. The Hall–Kier alpha value is -4.57. The maximum atomic E-state index is 12.8. The average molecular weight is 814 g/mol. The van der Waals surface area contributed by atoms with Gasteiger partial charge < -0.3 is 39.3 Å². The van der Waals surface area contributed by atoms with Crippen molar-refractivity contribution in [1.29, 1.82) is 0 Å². The van der Waals surface area contributed by atoms with Crippen molar-refractivity contribution < 1.29 is 136 Å². The van der Waals surface area contributed by atoms with E-state index in [1.165, 1.54) is 36.4 Å². The minimum Gasteiger partial charge on any atom is -0.716 e. The minimum absolute atomic E-state index is 0. The quantitative estimate of drug-likeness (QED) is 0.0385. The predicted octanol–water partition coefficient (Wildman–Crippen LogP) is -1.53. The summed E-state index contributed by atoms with van der Waals surface area (Å²) in [5.41, 5.74) is 1.63. The van der Waals surface area contributed by atoms with Gasteiger partial charge in [0.1, 0.15) is 22.9 Å². The molecule has 0 aromatic heterocycles. The molecule has 0 aliphatic heterocycles. The monoisotopic (exact) mass is 813 g/mol. The molecule has 0 heterocycles. The maximum absolute atomic E-state index is 12.8. The molecule has 0 fully saturated rings. The van der Waals surface area contributed by atoms with Gasteiger partial charge in [0, 0.05) is 34.3 Å². The van der Waals surface area contributed by atoms with Crippen molar-refractivity contribution in [2.75, 3.05) is 5.32 Å². The van der Waals surface area contributed by atoms with Crippen LogP contribution in [0.4, 0.5) is 39.8 Å². The number of benzene rings is 6. The van der Waals surface area contributed by atoms with Crippen molar-refractivity contribution in [3.63, 3.8) is 0 Å². The third-order valence-electron chi connectivity index (χ3n) is 7.30. The van der Waals surface area contributed by atoms with Crippen LogP contribution in [-0.2, 0) is 10.4 Å². The molecule has 6 aromatic rings. The van der Waals surface area contributed by atoms with Crippen molar-refractivity contribution in [2.24, 2.45) is 30.7 Å². The second-order valence-electron chi connectivity index (χ2n) is 11.0. The van der Waals surface area contributed by atoms with Crippen molar-refractivity contribution >= 4 is 72.9 Å². The molecule has 0 bridgehead atoms. The normalized spacial score (nSPS) is 11.2. The summed E-state index contributed by atoms with van der Waals surface area (Å²) in [5.74, 6) is -3.53. The van der Waals surface area contributed by atoms with Gasteiger partial charge in [0.05, 0.1) is 28.7 Å². The number of carboxylic acid groups (broad SMARTS) is 1. The fourth-order valence-corrected chi connectivity index (χ4v) is 5.03. The summed E-state index contributed by atoms with van der Waals surface area (Å²) in [6.07, 6.45) is 0. The van der Waals surface area contributed by atoms with E-state index in [1.54, 1.807) is 54.6 Å². The van der Waals surface area contributed by atoms with Crippen LogP contribution in [0.1, 0.15) is 20.7 Å². The number of phenolic OH excluding ortho intramolecular Hbond substituents is 2. The first-order valence-electron chi connectivity index (χ1n) is 15.3. The largest absolute Gasteiger partial charge is 1.00 e. The Kier molecular flexibility index (Phi) is 17.0. The molecule has 0 saturated carbocycles. The second-order valence-corrected chi connectivity index (χ2v) is 12.0. The topological polar surface area (TPSA) is 271 Å². The fourth-order valence-electron chi connectivity index (χ4n) is 4.69. The molecule has 270 valence electrons. The Labute approximate surface area is 390 Å². The number of azo groups is 3. The number of amides is 1. The number of phenols is 3. The zero-order chi connectivity index (χ0) is 38.4. The van der Waals surface area contributed by atoms with Crippen LogP contribution in [0.15, 0.2) is 140 Å². The van der Waals surface area contributed by atoms with Gasteiger partial charge in [-0.3, -0.25) is 4.79 Å². The molecule has 0 saturated heterocycles. The Morgan fingerprint density at radius 1 is 0.667 bits per heavy atom. The number of anilines is 1. The first-order valence-corrected chi connectivity index (χ1v) is 16.6. The molecule has 0 aliphatic rings. The number of hydrogen-bond donors (Lipinski definition) is 4. The van der Waals surface area contributed by atoms with Crippen molar-refractivity contribution in [1.82, 2.24) is 0 Å². The number of aromatic hydroxyl groups is 3. The first-order chi connectivity index (χ1) is 25.8. The summed E-state index contributed by atoms with van der Waals surface area (Å²) in [5, 5.41) is 69.6. The fraction of sp³-hybridized carbons (Fsp3) is 0. The maximum Gasteiger partial charge on any atom is 1.00 e. The van der Waals surface area contributed by atoms with Gasteiger partial charge in [-0.2, -0.15) is 37.7 Å². The molecule has 4 N–H and O–H groups in total. The van der Waals surface area contributed by atoms with Crippen molar-refractivity contribution in [3.8, 4) is 23.0 Å². The number of hydrogen-bond acceptors (Lipinski definition) is 16. The van der Waals surface area contributed by atoms with Crippen LogP contribution in [0.5, 0.6) is 23.0 Å². The van der Waals surface area contributed by atoms with Gasteiger partial charge >= 0.3 is 88.7 Å². The van der Waals surface area contributed by atoms with Gasteiger partial charge in [-0.15, -0.1) is 16.6 Å². The van der Waals surface area contributed by atoms with E-state index >= 15 is 0 Å². The molecule has 0 spiro atoms. The Balaban J connectivity index is 0.00000290. The van der Waals surface area contributed by atoms with Gasteiger partial charge in [0.25, 0.3) is 16.3 Å². The number of carbonyl (C=O) groups excluding carboxylic acids is 2. The van der Waals surface area contributed by atoms with Crippen molar-refractivity contribution in [3.05, 3.63) is 126 Å². The standard InChI is InChI=1S/C36H24N7O10S.3Na/c44-32-16-12-26(18-29(32)36(48)49)40-38-23-5-2-21(3-6-23)35(47)37-22-8-10-24(11-9-22)39-43-31-14-4-20-1-7-25(17-28(20)34(31)46)41-42-30-15-13-27(19-33(30)45)53-54(50,51)52;;;/h1-13,15-19,44-46H,(H,37,47)(H,48,49)(H,50,51,52);;;/q-1;3*+1/p-2. The van der Waals surface area contributed by atoms with E-state index in [1.807, 2.05) is 0 Å². The van der Waals surface area contributed by atoms with Crippen LogP contribution < -0.4 is 103 Å². The van der Waals surface area contributed by atoms with E-state index in [2.05, 4.69) is 46.3 Å². The number of nitrogens with one attached hydrogen (secondary N) is 1. The molecule has 0 radical (unpaired) electrons. The smallest absolute Gasteiger partial charge is 0.716 e. The van der Waals surface area contributed by atoms with E-state index in [9.17, 15) is 43.0 Å². The molecule has 0 aliphatic carbocycles. The van der Waals surface area contributed by atoms with E-state index in [4.69, 9.17) is 0 Å². The Bertz CT molecular complexity index is 2630.